The maximum atomic E-state index is 6.35. The number of halogens is 1. The second-order valence-electron chi connectivity index (χ2n) is 6.80. The molecule has 3 heterocycles. The lowest BCUT2D eigenvalue weighted by Crippen LogP contribution is -2.43. The molecule has 2 aromatic rings. The predicted octanol–water partition coefficient (Wildman–Crippen LogP) is 3.00. The molecule has 0 saturated carbocycles. The summed E-state index contributed by atoms with van der Waals surface area (Å²) < 4.78 is 11.3. The number of fused-ring (bicyclic) bond motifs is 1. The van der Waals surface area contributed by atoms with E-state index in [0.29, 0.717) is 30.0 Å². The van der Waals surface area contributed by atoms with Crippen molar-refractivity contribution in [1.29, 1.82) is 0 Å². The molecule has 138 valence electrons. The van der Waals surface area contributed by atoms with E-state index < -0.39 is 0 Å². The van der Waals surface area contributed by atoms with Crippen molar-refractivity contribution in [3.63, 3.8) is 0 Å². The SMILES string of the molecule is CN(c1cccnn1)C1CCN(Cc2cc(Cl)c3c(c2)OCCO3)CC1. The van der Waals surface area contributed by atoms with Crippen LogP contribution in [0.15, 0.2) is 30.5 Å². The number of nitrogens with zero attached hydrogens (tertiary/aromatic N) is 4. The van der Waals surface area contributed by atoms with Crippen LogP contribution in [0.2, 0.25) is 5.02 Å². The van der Waals surface area contributed by atoms with Crippen LogP contribution in [0.5, 0.6) is 11.5 Å². The van der Waals surface area contributed by atoms with Gasteiger partial charge in [0.15, 0.2) is 17.3 Å². The van der Waals surface area contributed by atoms with Crippen molar-refractivity contribution in [2.45, 2.75) is 25.4 Å². The summed E-state index contributed by atoms with van der Waals surface area (Å²) in [4.78, 5) is 4.70. The highest BCUT2D eigenvalue weighted by Gasteiger charge is 2.24. The number of ether oxygens (including phenoxy) is 2. The molecule has 0 amide bonds. The maximum absolute atomic E-state index is 6.35. The van der Waals surface area contributed by atoms with Gasteiger partial charge in [-0.1, -0.05) is 11.6 Å². The molecule has 0 spiro atoms. The van der Waals surface area contributed by atoms with Crippen LogP contribution in [0.4, 0.5) is 5.82 Å². The van der Waals surface area contributed by atoms with Gasteiger partial charge in [0.1, 0.15) is 13.2 Å². The van der Waals surface area contributed by atoms with Crippen molar-refractivity contribution in [2.24, 2.45) is 0 Å². The van der Waals surface area contributed by atoms with Crippen LogP contribution in [0.1, 0.15) is 18.4 Å². The van der Waals surface area contributed by atoms with Gasteiger partial charge in [-0.15, -0.1) is 5.10 Å². The van der Waals surface area contributed by atoms with Crippen LogP contribution < -0.4 is 14.4 Å². The standard InChI is InChI=1S/C19H23ClN4O2/c1-23(18-3-2-6-21-22-18)15-4-7-24(8-5-15)13-14-11-16(20)19-17(12-14)25-9-10-26-19/h2-3,6,11-12,15H,4-5,7-10,13H2,1H3. The molecule has 0 N–H and O–H groups in total. The Morgan fingerprint density at radius 1 is 1.23 bits per heavy atom. The van der Waals surface area contributed by atoms with E-state index in [1.54, 1.807) is 6.20 Å². The van der Waals surface area contributed by atoms with Crippen LogP contribution in [0.3, 0.4) is 0 Å². The van der Waals surface area contributed by atoms with Crippen LogP contribution in [-0.2, 0) is 6.54 Å². The topological polar surface area (TPSA) is 50.7 Å². The fourth-order valence-corrected chi connectivity index (χ4v) is 3.93. The number of anilines is 1. The van der Waals surface area contributed by atoms with Crippen molar-refractivity contribution >= 4 is 17.4 Å². The first-order valence-electron chi connectivity index (χ1n) is 9.01. The van der Waals surface area contributed by atoms with Gasteiger partial charge in [-0.2, -0.15) is 5.10 Å². The van der Waals surface area contributed by atoms with Crippen LogP contribution in [0.25, 0.3) is 0 Å². The number of hydrogen-bond donors (Lipinski definition) is 0. The van der Waals surface area contributed by atoms with E-state index in [1.807, 2.05) is 18.2 Å². The highest BCUT2D eigenvalue weighted by atomic mass is 35.5. The molecule has 1 aromatic heterocycles. The minimum absolute atomic E-state index is 0.492. The molecule has 1 fully saturated rings. The number of hydrogen-bond acceptors (Lipinski definition) is 6. The third kappa shape index (κ3) is 3.71. The molecule has 6 nitrogen and oxygen atoms in total. The van der Waals surface area contributed by atoms with E-state index >= 15 is 0 Å². The van der Waals surface area contributed by atoms with Gasteiger partial charge in [0.25, 0.3) is 0 Å². The first-order chi connectivity index (χ1) is 12.7. The molecule has 0 atom stereocenters. The summed E-state index contributed by atoms with van der Waals surface area (Å²) >= 11 is 6.35. The van der Waals surface area contributed by atoms with Crippen molar-refractivity contribution < 1.29 is 9.47 Å². The molecule has 0 aliphatic carbocycles. The second-order valence-corrected chi connectivity index (χ2v) is 7.21. The number of rotatable bonds is 4. The van der Waals surface area contributed by atoms with Gasteiger partial charge in [0.05, 0.1) is 5.02 Å². The number of benzene rings is 1. The summed E-state index contributed by atoms with van der Waals surface area (Å²) in [7, 11) is 2.10. The number of aromatic nitrogens is 2. The summed E-state index contributed by atoms with van der Waals surface area (Å²) in [6.07, 6.45) is 3.91. The highest BCUT2D eigenvalue weighted by molar-refractivity contribution is 6.32. The monoisotopic (exact) mass is 374 g/mol. The molecule has 2 aliphatic heterocycles. The van der Waals surface area contributed by atoms with Crippen molar-refractivity contribution in [3.8, 4) is 11.5 Å². The van der Waals surface area contributed by atoms with Crippen LogP contribution in [0, 0.1) is 0 Å². The third-order valence-corrected chi connectivity index (χ3v) is 5.37. The lowest BCUT2D eigenvalue weighted by atomic mass is 10.0. The first-order valence-corrected chi connectivity index (χ1v) is 9.39. The predicted molar refractivity (Wildman–Crippen MR) is 101 cm³/mol. The zero-order valence-electron chi connectivity index (χ0n) is 14.9. The Balaban J connectivity index is 1.36. The Labute approximate surface area is 158 Å². The zero-order valence-corrected chi connectivity index (χ0v) is 15.7. The summed E-state index contributed by atoms with van der Waals surface area (Å²) in [5, 5.41) is 8.83. The first kappa shape index (κ1) is 17.4. The van der Waals surface area contributed by atoms with E-state index in [-0.39, 0.29) is 0 Å². The minimum atomic E-state index is 0.492. The molecular weight excluding hydrogens is 352 g/mol. The van der Waals surface area contributed by atoms with Gasteiger partial charge in [-0.05, 0) is 42.7 Å². The lowest BCUT2D eigenvalue weighted by molar-refractivity contribution is 0.170. The van der Waals surface area contributed by atoms with Gasteiger partial charge >= 0.3 is 0 Å². The van der Waals surface area contributed by atoms with Crippen LogP contribution >= 0.6 is 11.6 Å². The molecule has 0 radical (unpaired) electrons. The molecule has 7 heteroatoms. The maximum Gasteiger partial charge on any atom is 0.179 e. The quantitative estimate of drug-likeness (QED) is 0.820. The average molecular weight is 375 g/mol. The second kappa shape index (κ2) is 7.68. The Hall–Kier alpha value is -2.05. The van der Waals surface area contributed by atoms with E-state index in [0.717, 1.165) is 44.0 Å². The third-order valence-electron chi connectivity index (χ3n) is 5.09. The van der Waals surface area contributed by atoms with E-state index in [4.69, 9.17) is 21.1 Å². The average Bonchev–Trinajstić information content (AvgIpc) is 2.69. The molecule has 1 aromatic carbocycles. The summed E-state index contributed by atoms with van der Waals surface area (Å²) in [6.45, 7) is 4.09. The normalized spacial score (nSPS) is 17.9. The van der Waals surface area contributed by atoms with Gasteiger partial charge in [0.2, 0.25) is 0 Å². The zero-order chi connectivity index (χ0) is 17.9. The largest absolute Gasteiger partial charge is 0.486 e. The molecule has 2 aliphatic rings. The van der Waals surface area contributed by atoms with Crippen LogP contribution in [-0.4, -0.2) is 54.5 Å². The van der Waals surface area contributed by atoms with Crippen molar-refractivity contribution in [3.05, 3.63) is 41.0 Å². The molecule has 4 rings (SSSR count). The molecule has 0 bridgehead atoms. The molecular formula is C19H23ClN4O2. The molecule has 1 saturated heterocycles. The van der Waals surface area contributed by atoms with Crippen molar-refractivity contribution in [2.75, 3.05) is 38.3 Å². The summed E-state index contributed by atoms with van der Waals surface area (Å²) in [5.74, 6) is 2.37. The van der Waals surface area contributed by atoms with Gasteiger partial charge < -0.3 is 14.4 Å². The highest BCUT2D eigenvalue weighted by Crippen LogP contribution is 2.38. The van der Waals surface area contributed by atoms with E-state index in [1.165, 1.54) is 5.56 Å². The Bertz CT molecular complexity index is 751. The molecule has 26 heavy (non-hydrogen) atoms. The fourth-order valence-electron chi connectivity index (χ4n) is 3.65. The van der Waals surface area contributed by atoms with Gasteiger partial charge in [-0.25, -0.2) is 0 Å². The van der Waals surface area contributed by atoms with Gasteiger partial charge in [0, 0.05) is 38.9 Å². The van der Waals surface area contributed by atoms with E-state index in [9.17, 15) is 0 Å². The Morgan fingerprint density at radius 2 is 2.04 bits per heavy atom. The lowest BCUT2D eigenvalue weighted by Gasteiger charge is -2.37. The Kier molecular flexibility index (Phi) is 5.13. The Morgan fingerprint density at radius 3 is 2.81 bits per heavy atom. The summed E-state index contributed by atoms with van der Waals surface area (Å²) in [5.41, 5.74) is 1.17. The number of likely N-dealkylation sites (tertiary alicyclic amines) is 1. The smallest absolute Gasteiger partial charge is 0.179 e. The van der Waals surface area contributed by atoms with E-state index in [2.05, 4.69) is 33.1 Å². The molecule has 0 unspecified atom stereocenters. The number of piperidine rings is 1. The summed E-state index contributed by atoms with van der Waals surface area (Å²) in [6, 6.07) is 8.48. The fraction of sp³-hybridized carbons (Fsp3) is 0.474. The van der Waals surface area contributed by atoms with Gasteiger partial charge in [-0.3, -0.25) is 4.90 Å². The minimum Gasteiger partial charge on any atom is -0.486 e. The van der Waals surface area contributed by atoms with Crippen molar-refractivity contribution in [1.82, 2.24) is 15.1 Å².